The van der Waals surface area contributed by atoms with Crippen molar-refractivity contribution in [3.8, 4) is 5.75 Å². The molecule has 0 bridgehead atoms. The molecule has 5 nitrogen and oxygen atoms in total. The zero-order valence-electron chi connectivity index (χ0n) is 15.1. The third-order valence-electron chi connectivity index (χ3n) is 4.34. The molecule has 1 heterocycles. The van der Waals surface area contributed by atoms with Crippen LogP contribution in [0.5, 0.6) is 5.75 Å². The number of hydrogen-bond acceptors (Lipinski definition) is 4. The molecule has 0 atom stereocenters. The maximum absolute atomic E-state index is 12.4. The highest BCUT2D eigenvalue weighted by Gasteiger charge is 2.09. The fourth-order valence-electron chi connectivity index (χ4n) is 3.04. The molecule has 0 radical (unpaired) electrons. The highest BCUT2D eigenvalue weighted by Crippen LogP contribution is 2.22. The van der Waals surface area contributed by atoms with Crippen LogP contribution < -0.4 is 15.2 Å². The molecule has 0 amide bonds. The van der Waals surface area contributed by atoms with Crippen molar-refractivity contribution in [2.45, 2.75) is 19.8 Å². The van der Waals surface area contributed by atoms with Crippen LogP contribution in [0.1, 0.15) is 23.9 Å². The highest BCUT2D eigenvalue weighted by molar-refractivity contribution is 5.79. The van der Waals surface area contributed by atoms with Crippen LogP contribution in [-0.4, -0.2) is 31.2 Å². The summed E-state index contributed by atoms with van der Waals surface area (Å²) < 4.78 is 5.17. The van der Waals surface area contributed by atoms with E-state index in [1.807, 2.05) is 26.2 Å². The van der Waals surface area contributed by atoms with E-state index < -0.39 is 0 Å². The lowest BCUT2D eigenvalue weighted by Gasteiger charge is -2.17. The molecule has 0 unspecified atom stereocenters. The molecular weight excluding hydrogens is 314 g/mol. The van der Waals surface area contributed by atoms with Gasteiger partial charge in [0.25, 0.3) is 5.56 Å². The second-order valence-electron chi connectivity index (χ2n) is 6.28. The van der Waals surface area contributed by atoms with Crippen LogP contribution in [-0.2, 0) is 12.8 Å². The lowest BCUT2D eigenvalue weighted by molar-refractivity contribution is 0.415. The maximum Gasteiger partial charge on any atom is 0.258 e. The molecule has 0 saturated heterocycles. The van der Waals surface area contributed by atoms with Gasteiger partial charge in [-0.15, -0.1) is 0 Å². The van der Waals surface area contributed by atoms with Crippen LogP contribution in [0.2, 0.25) is 0 Å². The Morgan fingerprint density at radius 2 is 1.96 bits per heavy atom. The summed E-state index contributed by atoms with van der Waals surface area (Å²) in [5, 5.41) is 0.542. The van der Waals surface area contributed by atoms with E-state index in [9.17, 15) is 4.79 Å². The van der Waals surface area contributed by atoms with Crippen molar-refractivity contribution in [1.82, 2.24) is 9.97 Å². The van der Waals surface area contributed by atoms with Crippen LogP contribution in [0, 0.1) is 0 Å². The zero-order chi connectivity index (χ0) is 18.0. The van der Waals surface area contributed by atoms with Gasteiger partial charge in [-0.05, 0) is 41.8 Å². The summed E-state index contributed by atoms with van der Waals surface area (Å²) in [5.41, 5.74) is 4.19. The average molecular weight is 337 g/mol. The largest absolute Gasteiger partial charge is 0.497 e. The first-order chi connectivity index (χ1) is 12.0. The number of aromatic amines is 1. The zero-order valence-corrected chi connectivity index (χ0v) is 15.1. The minimum Gasteiger partial charge on any atom is -0.497 e. The summed E-state index contributed by atoms with van der Waals surface area (Å²) in [6.45, 7) is 2.15. The molecular formula is C20H23N3O2. The van der Waals surface area contributed by atoms with Crippen LogP contribution >= 0.6 is 0 Å². The number of fused-ring (bicyclic) bond motifs is 1. The lowest BCUT2D eigenvalue weighted by Crippen LogP contribution is -2.13. The van der Waals surface area contributed by atoms with Crippen molar-refractivity contribution in [3.63, 3.8) is 0 Å². The van der Waals surface area contributed by atoms with Gasteiger partial charge in [0.1, 0.15) is 11.6 Å². The number of rotatable bonds is 5. The monoisotopic (exact) mass is 337 g/mol. The minimum absolute atomic E-state index is 0.139. The average Bonchev–Trinajstić information content (AvgIpc) is 2.61. The van der Waals surface area contributed by atoms with Crippen molar-refractivity contribution >= 4 is 16.6 Å². The fraction of sp³-hybridized carbons (Fsp3) is 0.300. The highest BCUT2D eigenvalue weighted by atomic mass is 16.5. The van der Waals surface area contributed by atoms with E-state index in [0.717, 1.165) is 12.0 Å². The predicted octanol–water partition coefficient (Wildman–Crippen LogP) is 3.15. The van der Waals surface area contributed by atoms with E-state index in [4.69, 9.17) is 4.74 Å². The number of methoxy groups -OCH3 is 1. The van der Waals surface area contributed by atoms with Crippen LogP contribution in [0.25, 0.3) is 10.9 Å². The second kappa shape index (κ2) is 6.97. The first-order valence-corrected chi connectivity index (χ1v) is 8.38. The summed E-state index contributed by atoms with van der Waals surface area (Å²) in [7, 11) is 5.68. The lowest BCUT2D eigenvalue weighted by atomic mass is 10.0. The van der Waals surface area contributed by atoms with E-state index >= 15 is 0 Å². The Bertz CT molecular complexity index is 961. The standard InChI is InChI=1S/C20H23N3O2/c1-5-14-10-13(6-9-18(14)23(2)3)11-19-21-17-8-7-15(25-4)12-16(17)20(24)22-19/h6-10,12H,5,11H2,1-4H3,(H,21,22,24). The summed E-state index contributed by atoms with van der Waals surface area (Å²) in [5.74, 6) is 1.32. The van der Waals surface area contributed by atoms with E-state index in [0.29, 0.717) is 28.9 Å². The molecule has 2 aromatic carbocycles. The number of nitrogens with one attached hydrogen (secondary N) is 1. The molecule has 3 rings (SSSR count). The summed E-state index contributed by atoms with van der Waals surface area (Å²) in [6.07, 6.45) is 1.56. The molecule has 0 spiro atoms. The number of aromatic nitrogens is 2. The van der Waals surface area contributed by atoms with Gasteiger partial charge in [-0.2, -0.15) is 0 Å². The summed E-state index contributed by atoms with van der Waals surface area (Å²) in [6, 6.07) is 11.8. The fourth-order valence-corrected chi connectivity index (χ4v) is 3.04. The molecule has 5 heteroatoms. The van der Waals surface area contributed by atoms with E-state index in [1.165, 1.54) is 11.3 Å². The Labute approximate surface area is 147 Å². The van der Waals surface area contributed by atoms with Gasteiger partial charge in [0.05, 0.1) is 18.0 Å². The molecule has 130 valence electrons. The smallest absolute Gasteiger partial charge is 0.258 e. The number of hydrogen-bond donors (Lipinski definition) is 1. The number of H-pyrrole nitrogens is 1. The summed E-state index contributed by atoms with van der Waals surface area (Å²) in [4.78, 5) is 22.0. The molecule has 0 aliphatic carbocycles. The number of ether oxygens (including phenoxy) is 1. The minimum atomic E-state index is -0.139. The Morgan fingerprint density at radius 3 is 2.64 bits per heavy atom. The number of anilines is 1. The number of nitrogens with zero attached hydrogens (tertiary/aromatic N) is 2. The quantitative estimate of drug-likeness (QED) is 0.777. The Hall–Kier alpha value is -2.82. The van der Waals surface area contributed by atoms with Crippen molar-refractivity contribution in [1.29, 1.82) is 0 Å². The third kappa shape index (κ3) is 3.50. The maximum atomic E-state index is 12.4. The van der Waals surface area contributed by atoms with Crippen molar-refractivity contribution in [2.75, 3.05) is 26.1 Å². The molecule has 1 N–H and O–H groups in total. The second-order valence-corrected chi connectivity index (χ2v) is 6.28. The van der Waals surface area contributed by atoms with Gasteiger partial charge in [0.2, 0.25) is 0 Å². The SMILES string of the molecule is CCc1cc(Cc2nc3ccc(OC)cc3c(=O)[nH]2)ccc1N(C)C. The Balaban J connectivity index is 1.97. The van der Waals surface area contributed by atoms with Gasteiger partial charge in [0.15, 0.2) is 0 Å². The van der Waals surface area contributed by atoms with Crippen molar-refractivity contribution in [3.05, 3.63) is 63.7 Å². The molecule has 0 fully saturated rings. The molecule has 0 saturated carbocycles. The van der Waals surface area contributed by atoms with Crippen molar-refractivity contribution in [2.24, 2.45) is 0 Å². The molecule has 0 aliphatic heterocycles. The molecule has 0 aliphatic rings. The normalized spacial score (nSPS) is 10.9. The first kappa shape index (κ1) is 17.0. The van der Waals surface area contributed by atoms with Gasteiger partial charge in [-0.3, -0.25) is 4.79 Å². The molecule has 25 heavy (non-hydrogen) atoms. The van der Waals surface area contributed by atoms with E-state index in [1.54, 1.807) is 13.2 Å². The van der Waals surface area contributed by atoms with Crippen LogP contribution in [0.4, 0.5) is 5.69 Å². The Morgan fingerprint density at radius 1 is 1.16 bits per heavy atom. The van der Waals surface area contributed by atoms with Gasteiger partial charge in [0, 0.05) is 26.2 Å². The van der Waals surface area contributed by atoms with Crippen molar-refractivity contribution < 1.29 is 4.74 Å². The first-order valence-electron chi connectivity index (χ1n) is 8.38. The molecule has 1 aromatic heterocycles. The Kier molecular flexibility index (Phi) is 4.74. The van der Waals surface area contributed by atoms with E-state index in [2.05, 4.69) is 40.0 Å². The number of aryl methyl sites for hydroxylation is 1. The van der Waals surface area contributed by atoms with Gasteiger partial charge in [-0.1, -0.05) is 19.1 Å². The third-order valence-corrected chi connectivity index (χ3v) is 4.34. The number of benzene rings is 2. The topological polar surface area (TPSA) is 58.2 Å². The van der Waals surface area contributed by atoms with Crippen LogP contribution in [0.3, 0.4) is 0 Å². The van der Waals surface area contributed by atoms with Gasteiger partial charge >= 0.3 is 0 Å². The van der Waals surface area contributed by atoms with Gasteiger partial charge < -0.3 is 14.6 Å². The molecule has 3 aromatic rings. The predicted molar refractivity (Wildman–Crippen MR) is 102 cm³/mol. The van der Waals surface area contributed by atoms with Crippen LogP contribution in [0.15, 0.2) is 41.2 Å². The van der Waals surface area contributed by atoms with Gasteiger partial charge in [-0.25, -0.2) is 4.98 Å². The van der Waals surface area contributed by atoms with E-state index in [-0.39, 0.29) is 5.56 Å². The summed E-state index contributed by atoms with van der Waals surface area (Å²) >= 11 is 0.